The second-order valence-corrected chi connectivity index (χ2v) is 15.4. The minimum Gasteiger partial charge on any atom is -0.457 e. The van der Waals surface area contributed by atoms with Crippen LogP contribution >= 0.6 is 0 Å². The maximum atomic E-state index is 13.4. The van der Waals surface area contributed by atoms with E-state index in [-0.39, 0.29) is 24.8 Å². The first-order valence-corrected chi connectivity index (χ1v) is 19.0. The summed E-state index contributed by atoms with van der Waals surface area (Å²) in [5, 5.41) is 8.18. The second-order valence-electron chi connectivity index (χ2n) is 15.4. The number of imide groups is 2. The van der Waals surface area contributed by atoms with Gasteiger partial charge in [0.25, 0.3) is 11.8 Å². The normalized spacial score (nSPS) is 24.2. The maximum Gasteiger partial charge on any atom is 0.262 e. The minimum absolute atomic E-state index is 0.0931. The van der Waals surface area contributed by atoms with E-state index < -0.39 is 23.8 Å². The van der Waals surface area contributed by atoms with Crippen LogP contribution in [0.2, 0.25) is 0 Å². The molecule has 278 valence electrons. The lowest BCUT2D eigenvalue weighted by Crippen LogP contribution is -2.59. The lowest BCUT2D eigenvalue weighted by atomic mass is 9.79. The van der Waals surface area contributed by atoms with Gasteiger partial charge >= 0.3 is 0 Å². The number of likely N-dealkylation sites (tertiary alicyclic amines) is 1. The van der Waals surface area contributed by atoms with E-state index in [2.05, 4.69) is 29.8 Å². The number of rotatable bonds is 7. The van der Waals surface area contributed by atoms with Crippen LogP contribution in [0.1, 0.15) is 58.9 Å². The summed E-state index contributed by atoms with van der Waals surface area (Å²) in [6.07, 6.45) is 4.87. The van der Waals surface area contributed by atoms with Crippen LogP contribution < -0.4 is 20.7 Å². The van der Waals surface area contributed by atoms with Crippen molar-refractivity contribution in [3.63, 3.8) is 0 Å². The molecular weight excluding hydrogens is 699 g/mol. The van der Waals surface area contributed by atoms with E-state index in [0.717, 1.165) is 89.8 Å². The summed E-state index contributed by atoms with van der Waals surface area (Å²) in [5.41, 5.74) is 10.4. The van der Waals surface area contributed by atoms with Gasteiger partial charge in [-0.05, 0) is 92.1 Å². The van der Waals surface area contributed by atoms with Crippen molar-refractivity contribution in [2.45, 2.75) is 50.2 Å². The molecule has 4 atom stereocenters. The van der Waals surface area contributed by atoms with Gasteiger partial charge < -0.3 is 15.4 Å². The van der Waals surface area contributed by atoms with Crippen LogP contribution in [0.5, 0.6) is 11.5 Å². The van der Waals surface area contributed by atoms with Crippen molar-refractivity contribution in [1.29, 1.82) is 0 Å². The van der Waals surface area contributed by atoms with Gasteiger partial charge in [-0.3, -0.25) is 34.3 Å². The number of anilines is 2. The number of amides is 4. The number of hydrogen-bond donors (Lipinski definition) is 2. The van der Waals surface area contributed by atoms with Crippen LogP contribution in [-0.2, 0) is 9.59 Å². The van der Waals surface area contributed by atoms with Crippen molar-refractivity contribution in [1.82, 2.24) is 34.9 Å². The number of benzene rings is 3. The Labute approximate surface area is 316 Å². The van der Waals surface area contributed by atoms with E-state index in [0.29, 0.717) is 34.8 Å². The smallest absolute Gasteiger partial charge is 0.262 e. The Balaban J connectivity index is 0.803. The molecular formula is C41H39N9O5. The molecule has 0 spiro atoms. The predicted molar refractivity (Wildman–Crippen MR) is 202 cm³/mol. The van der Waals surface area contributed by atoms with Crippen molar-refractivity contribution >= 4 is 46.2 Å². The van der Waals surface area contributed by atoms with E-state index in [4.69, 9.17) is 15.6 Å². The number of hydrogen-bond acceptors (Lipinski definition) is 11. The zero-order chi connectivity index (χ0) is 37.4. The molecule has 1 saturated carbocycles. The van der Waals surface area contributed by atoms with Crippen molar-refractivity contribution in [3.05, 3.63) is 90.3 Å². The molecule has 0 radical (unpaired) electrons. The molecule has 4 fully saturated rings. The summed E-state index contributed by atoms with van der Waals surface area (Å²) >= 11 is 0. The van der Waals surface area contributed by atoms with Gasteiger partial charge in [-0.1, -0.05) is 18.2 Å². The van der Waals surface area contributed by atoms with Gasteiger partial charge in [0.2, 0.25) is 11.8 Å². The van der Waals surface area contributed by atoms with Crippen LogP contribution in [-0.4, -0.2) is 91.4 Å². The first kappa shape index (κ1) is 33.4. The number of para-hydroxylation sites is 1. The highest BCUT2D eigenvalue weighted by Crippen LogP contribution is 2.44. The number of carbonyl (C=O) groups excluding carboxylic acids is 4. The third-order valence-corrected chi connectivity index (χ3v) is 12.2. The van der Waals surface area contributed by atoms with Crippen LogP contribution in [0, 0.1) is 11.8 Å². The largest absolute Gasteiger partial charge is 0.457 e. The summed E-state index contributed by atoms with van der Waals surface area (Å²) in [6, 6.07) is 22.5. The molecule has 6 heterocycles. The number of nitrogens with two attached hydrogens (primary N) is 1. The molecule has 4 unspecified atom stereocenters. The molecule has 5 aliphatic rings. The molecule has 2 aromatic heterocycles. The topological polar surface area (TPSA) is 169 Å². The van der Waals surface area contributed by atoms with Gasteiger partial charge in [-0.25, -0.2) is 14.6 Å². The van der Waals surface area contributed by atoms with Crippen molar-refractivity contribution in [2.24, 2.45) is 11.8 Å². The molecule has 3 N–H and O–H groups in total. The molecule has 55 heavy (non-hydrogen) atoms. The molecule has 4 aliphatic heterocycles. The van der Waals surface area contributed by atoms with E-state index in [1.165, 1.54) is 6.33 Å². The van der Waals surface area contributed by atoms with Gasteiger partial charge in [0.05, 0.1) is 22.6 Å². The average molecular weight is 738 g/mol. The number of ether oxygens (including phenoxy) is 1. The van der Waals surface area contributed by atoms with Gasteiger partial charge in [0.15, 0.2) is 5.65 Å². The Morgan fingerprint density at radius 2 is 1.53 bits per heavy atom. The van der Waals surface area contributed by atoms with Gasteiger partial charge in [0, 0.05) is 49.9 Å². The monoisotopic (exact) mass is 737 g/mol. The summed E-state index contributed by atoms with van der Waals surface area (Å²) in [7, 11) is 0. The Morgan fingerprint density at radius 1 is 0.764 bits per heavy atom. The highest BCUT2D eigenvalue weighted by molar-refractivity contribution is 6.23. The van der Waals surface area contributed by atoms with Gasteiger partial charge in [0.1, 0.15) is 35.4 Å². The van der Waals surface area contributed by atoms with Crippen LogP contribution in [0.4, 0.5) is 11.5 Å². The molecule has 14 heteroatoms. The Bertz CT molecular complexity index is 2380. The number of aromatic nitrogens is 4. The fraction of sp³-hybridized carbons (Fsp3) is 0.341. The number of piperidine rings is 1. The van der Waals surface area contributed by atoms with Gasteiger partial charge in [-0.15, -0.1) is 0 Å². The van der Waals surface area contributed by atoms with Gasteiger partial charge in [-0.2, -0.15) is 5.10 Å². The van der Waals surface area contributed by atoms with Crippen LogP contribution in [0.25, 0.3) is 22.3 Å². The number of nitrogens with one attached hydrogen (secondary N) is 1. The fourth-order valence-corrected chi connectivity index (χ4v) is 9.27. The lowest BCUT2D eigenvalue weighted by Gasteiger charge is -2.45. The van der Waals surface area contributed by atoms with Crippen LogP contribution in [0.15, 0.2) is 79.1 Å². The Kier molecular flexibility index (Phi) is 7.91. The van der Waals surface area contributed by atoms with E-state index >= 15 is 0 Å². The zero-order valence-electron chi connectivity index (χ0n) is 30.0. The van der Waals surface area contributed by atoms with E-state index in [1.807, 2.05) is 60.7 Å². The van der Waals surface area contributed by atoms with Crippen molar-refractivity contribution < 1.29 is 23.9 Å². The number of fused-ring (bicyclic) bond motifs is 3. The number of nitrogen functional groups attached to an aromatic ring is 1. The number of carbonyl (C=O) groups is 4. The molecule has 1 aliphatic carbocycles. The SMILES string of the molecule is Nc1ncnc2c1c(-c1ccc(Oc3ccccc3)cc1)nn2C1CCC2CN(C3CN(c4ccc5c(c4)C(=O)N(C4CCC(=O)NC4=O)C5=O)C3)CC2C1. The Hall–Kier alpha value is -6.15. The highest BCUT2D eigenvalue weighted by Gasteiger charge is 2.46. The van der Waals surface area contributed by atoms with Crippen molar-refractivity contribution in [3.8, 4) is 22.8 Å². The Morgan fingerprint density at radius 3 is 2.33 bits per heavy atom. The molecule has 0 bridgehead atoms. The molecule has 14 nitrogen and oxygen atoms in total. The average Bonchev–Trinajstić information content (AvgIpc) is 3.84. The molecule has 10 rings (SSSR count). The number of nitrogens with zero attached hydrogens (tertiary/aromatic N) is 7. The standard InChI is InChI=1S/C41H39N9O5/c42-37-35-36(23-7-11-30(12-8-23)55-29-4-2-1-3-5-29)46-50(38(35)44-22-43-37)27-9-6-24-18-47(19-25(24)16-27)28-20-48(21-28)26-10-13-31-32(17-26)41(54)49(40(31)53)33-14-15-34(51)45-39(33)52/h1-5,7-8,10-13,17,22,24-25,27-28,33H,6,9,14-16,18-21H2,(H2,42,43,44)(H,45,51,52). The summed E-state index contributed by atoms with van der Waals surface area (Å²) < 4.78 is 8.10. The minimum atomic E-state index is -0.973. The molecule has 3 aromatic carbocycles. The zero-order valence-corrected chi connectivity index (χ0v) is 30.0. The summed E-state index contributed by atoms with van der Waals surface area (Å²) in [5.74, 6) is 1.11. The van der Waals surface area contributed by atoms with Crippen molar-refractivity contribution in [2.75, 3.05) is 36.8 Å². The molecule has 5 aromatic rings. The third kappa shape index (κ3) is 5.70. The van der Waals surface area contributed by atoms with E-state index in [1.54, 1.807) is 12.1 Å². The van der Waals surface area contributed by atoms with E-state index in [9.17, 15) is 19.2 Å². The third-order valence-electron chi connectivity index (χ3n) is 12.2. The van der Waals surface area contributed by atoms with Crippen LogP contribution in [0.3, 0.4) is 0 Å². The molecule has 3 saturated heterocycles. The summed E-state index contributed by atoms with van der Waals surface area (Å²) in [6.45, 7) is 3.74. The predicted octanol–water partition coefficient (Wildman–Crippen LogP) is 4.43. The highest BCUT2D eigenvalue weighted by atomic mass is 16.5. The fourth-order valence-electron chi connectivity index (χ4n) is 9.27. The molecule has 4 amide bonds. The lowest BCUT2D eigenvalue weighted by molar-refractivity contribution is -0.136. The second kappa shape index (κ2) is 13.0. The summed E-state index contributed by atoms with van der Waals surface area (Å²) in [4.78, 5) is 65.6. The first-order chi connectivity index (χ1) is 26.8. The quantitative estimate of drug-likeness (QED) is 0.227. The first-order valence-electron chi connectivity index (χ1n) is 19.0. The maximum absolute atomic E-state index is 13.4.